The van der Waals surface area contributed by atoms with Gasteiger partial charge in [0.25, 0.3) is 0 Å². The smallest absolute Gasteiger partial charge is 0.127 e. The number of aromatic nitrogens is 1. The third kappa shape index (κ3) is 1.54. The van der Waals surface area contributed by atoms with Gasteiger partial charge in [-0.05, 0) is 17.5 Å². The Bertz CT molecular complexity index is 543. The molecule has 1 unspecified atom stereocenters. The molecule has 1 aliphatic heterocycles. The molecule has 0 amide bonds. The third-order valence-electron chi connectivity index (χ3n) is 2.52. The topological polar surface area (TPSA) is 52.9 Å². The lowest BCUT2D eigenvalue weighted by atomic mass is 10.2. The summed E-state index contributed by atoms with van der Waals surface area (Å²) < 4.78 is 0. The highest BCUT2D eigenvalue weighted by Crippen LogP contribution is 2.21. The first-order valence-corrected chi connectivity index (χ1v) is 5.08. The molecule has 0 aliphatic carbocycles. The molecule has 3 rings (SSSR count). The zero-order valence-electron chi connectivity index (χ0n) is 8.54. The van der Waals surface area contributed by atoms with E-state index in [2.05, 4.69) is 32.1 Å². The predicted octanol–water partition coefficient (Wildman–Crippen LogP) is 2.35. The second-order valence-electron chi connectivity index (χ2n) is 3.58. The molecule has 78 valence electrons. The quantitative estimate of drug-likeness (QED) is 0.751. The largest absolute Gasteiger partial charge is 0.356 e. The number of nitrogens with one attached hydrogen (secondary N) is 1. The SMILES string of the molecule is C1=NC=NC(c2cc3ccccc3[nH]2)C=N1. The summed E-state index contributed by atoms with van der Waals surface area (Å²) in [5.74, 6) is 0. The van der Waals surface area contributed by atoms with Crippen molar-refractivity contribution >= 4 is 29.8 Å². The number of hydrogen-bond acceptors (Lipinski definition) is 3. The van der Waals surface area contributed by atoms with Crippen molar-refractivity contribution in [3.05, 3.63) is 36.0 Å². The van der Waals surface area contributed by atoms with Crippen LogP contribution in [0.15, 0.2) is 45.3 Å². The first kappa shape index (κ1) is 9.03. The Morgan fingerprint density at radius 3 is 2.94 bits per heavy atom. The van der Waals surface area contributed by atoms with Crippen molar-refractivity contribution in [3.8, 4) is 0 Å². The first-order valence-electron chi connectivity index (χ1n) is 5.08. The van der Waals surface area contributed by atoms with Gasteiger partial charge >= 0.3 is 0 Å². The van der Waals surface area contributed by atoms with Gasteiger partial charge in [0.05, 0.1) is 0 Å². The Kier molecular flexibility index (Phi) is 2.11. The molecular formula is C12H10N4. The number of benzene rings is 1. The molecule has 0 bridgehead atoms. The van der Waals surface area contributed by atoms with Crippen LogP contribution in [-0.2, 0) is 0 Å². The Hall–Kier alpha value is -2.23. The minimum absolute atomic E-state index is 0.0742. The van der Waals surface area contributed by atoms with E-state index in [0.717, 1.165) is 11.2 Å². The summed E-state index contributed by atoms with van der Waals surface area (Å²) >= 11 is 0. The second-order valence-corrected chi connectivity index (χ2v) is 3.58. The third-order valence-corrected chi connectivity index (χ3v) is 2.52. The van der Waals surface area contributed by atoms with E-state index in [4.69, 9.17) is 0 Å². The maximum absolute atomic E-state index is 4.29. The van der Waals surface area contributed by atoms with Gasteiger partial charge in [0.1, 0.15) is 18.7 Å². The Morgan fingerprint density at radius 1 is 1.06 bits per heavy atom. The number of H-pyrrole nitrogens is 1. The molecule has 1 aromatic carbocycles. The van der Waals surface area contributed by atoms with Crippen LogP contribution >= 0.6 is 0 Å². The lowest BCUT2D eigenvalue weighted by molar-refractivity contribution is 0.950. The van der Waals surface area contributed by atoms with Crippen LogP contribution in [0.1, 0.15) is 11.7 Å². The zero-order chi connectivity index (χ0) is 10.8. The first-order chi connectivity index (χ1) is 7.93. The molecule has 2 heterocycles. The summed E-state index contributed by atoms with van der Waals surface area (Å²) in [4.78, 5) is 15.5. The van der Waals surface area contributed by atoms with Crippen molar-refractivity contribution in [1.29, 1.82) is 0 Å². The van der Waals surface area contributed by atoms with Crippen LogP contribution in [0.25, 0.3) is 10.9 Å². The van der Waals surface area contributed by atoms with E-state index < -0.39 is 0 Å². The van der Waals surface area contributed by atoms with E-state index in [1.165, 1.54) is 18.1 Å². The number of rotatable bonds is 1. The standard InChI is InChI=1S/C12H10N4/c1-2-4-10-9(3-1)5-11(16-10)12-6-13-7-14-8-15-12/h1-8,12,16H. The zero-order valence-corrected chi connectivity index (χ0v) is 8.54. The van der Waals surface area contributed by atoms with Crippen LogP contribution in [0.2, 0.25) is 0 Å². The van der Waals surface area contributed by atoms with Crippen molar-refractivity contribution in [2.75, 3.05) is 0 Å². The van der Waals surface area contributed by atoms with Gasteiger partial charge in [-0.3, -0.25) is 4.99 Å². The van der Waals surface area contributed by atoms with Crippen molar-refractivity contribution < 1.29 is 0 Å². The second kappa shape index (κ2) is 3.73. The van der Waals surface area contributed by atoms with Gasteiger partial charge in [0, 0.05) is 17.4 Å². The van der Waals surface area contributed by atoms with E-state index in [1.807, 2.05) is 18.2 Å². The summed E-state index contributed by atoms with van der Waals surface area (Å²) in [7, 11) is 0. The Morgan fingerprint density at radius 2 is 2.00 bits per heavy atom. The maximum atomic E-state index is 4.29. The molecule has 4 heteroatoms. The van der Waals surface area contributed by atoms with Crippen molar-refractivity contribution in [2.45, 2.75) is 6.04 Å². The molecular weight excluding hydrogens is 200 g/mol. The van der Waals surface area contributed by atoms with Crippen molar-refractivity contribution in [3.63, 3.8) is 0 Å². The highest BCUT2D eigenvalue weighted by atomic mass is 15.0. The fourth-order valence-electron chi connectivity index (χ4n) is 1.75. The summed E-state index contributed by atoms with van der Waals surface area (Å²) in [5.41, 5.74) is 2.15. The van der Waals surface area contributed by atoms with Crippen LogP contribution in [0.5, 0.6) is 0 Å². The Balaban J connectivity index is 2.05. The summed E-state index contributed by atoms with van der Waals surface area (Å²) in [6.45, 7) is 0. The predicted molar refractivity (Wildman–Crippen MR) is 66.5 cm³/mol. The van der Waals surface area contributed by atoms with Crippen LogP contribution in [0.3, 0.4) is 0 Å². The molecule has 0 saturated heterocycles. The monoisotopic (exact) mass is 210 g/mol. The van der Waals surface area contributed by atoms with Gasteiger partial charge in [-0.1, -0.05) is 18.2 Å². The van der Waals surface area contributed by atoms with Gasteiger partial charge < -0.3 is 4.98 Å². The number of aliphatic imine (C=N–C) groups is 3. The number of para-hydroxylation sites is 1. The van der Waals surface area contributed by atoms with Crippen molar-refractivity contribution in [2.24, 2.45) is 15.0 Å². The van der Waals surface area contributed by atoms with E-state index in [0.29, 0.717) is 0 Å². The van der Waals surface area contributed by atoms with Gasteiger partial charge in [-0.15, -0.1) is 0 Å². The van der Waals surface area contributed by atoms with Gasteiger partial charge in [-0.2, -0.15) is 0 Å². The molecule has 1 aliphatic rings. The van der Waals surface area contributed by atoms with E-state index in [-0.39, 0.29) is 6.04 Å². The number of nitrogens with zero attached hydrogens (tertiary/aromatic N) is 3. The van der Waals surface area contributed by atoms with E-state index in [1.54, 1.807) is 6.21 Å². The molecule has 2 aromatic rings. The minimum atomic E-state index is -0.0742. The number of aromatic amines is 1. The average Bonchev–Trinajstić information content (AvgIpc) is 2.56. The molecule has 0 saturated carbocycles. The molecule has 16 heavy (non-hydrogen) atoms. The highest BCUT2D eigenvalue weighted by molar-refractivity contribution is 5.86. The molecule has 4 nitrogen and oxygen atoms in total. The lowest BCUT2D eigenvalue weighted by Gasteiger charge is -2.00. The van der Waals surface area contributed by atoms with Gasteiger partial charge in [-0.25, -0.2) is 9.98 Å². The lowest BCUT2D eigenvalue weighted by Crippen LogP contribution is -1.96. The molecule has 0 spiro atoms. The molecule has 0 fully saturated rings. The molecule has 1 N–H and O–H groups in total. The van der Waals surface area contributed by atoms with E-state index in [9.17, 15) is 0 Å². The number of fused-ring (bicyclic) bond motifs is 1. The van der Waals surface area contributed by atoms with Gasteiger partial charge in [0.2, 0.25) is 0 Å². The van der Waals surface area contributed by atoms with Gasteiger partial charge in [0.15, 0.2) is 0 Å². The fraction of sp³-hybridized carbons (Fsp3) is 0.0833. The summed E-state index contributed by atoms with van der Waals surface area (Å²) in [6, 6.07) is 10.2. The average molecular weight is 210 g/mol. The van der Waals surface area contributed by atoms with Crippen molar-refractivity contribution in [1.82, 2.24) is 4.98 Å². The van der Waals surface area contributed by atoms with Crippen LogP contribution in [0, 0.1) is 0 Å². The Labute approximate surface area is 92.5 Å². The summed E-state index contributed by atoms with van der Waals surface area (Å²) in [5, 5.41) is 1.19. The fourth-order valence-corrected chi connectivity index (χ4v) is 1.75. The summed E-state index contributed by atoms with van der Waals surface area (Å²) in [6.07, 6.45) is 4.80. The molecule has 0 radical (unpaired) electrons. The molecule has 1 aromatic heterocycles. The maximum Gasteiger partial charge on any atom is 0.127 e. The van der Waals surface area contributed by atoms with Crippen LogP contribution in [-0.4, -0.2) is 23.9 Å². The van der Waals surface area contributed by atoms with E-state index >= 15 is 0 Å². The van der Waals surface area contributed by atoms with Crippen LogP contribution in [0.4, 0.5) is 0 Å². The number of hydrogen-bond donors (Lipinski definition) is 1. The van der Waals surface area contributed by atoms with Crippen LogP contribution < -0.4 is 0 Å². The molecule has 1 atom stereocenters. The normalized spacial score (nSPS) is 19.1. The highest BCUT2D eigenvalue weighted by Gasteiger charge is 2.10. The minimum Gasteiger partial charge on any atom is -0.356 e.